The molecule has 0 aromatic heterocycles. The van der Waals surface area contributed by atoms with Gasteiger partial charge in [-0.3, -0.25) is 4.79 Å². The minimum atomic E-state index is -0.170. The first-order valence-corrected chi connectivity index (χ1v) is 7.35. The quantitative estimate of drug-likeness (QED) is 0.773. The van der Waals surface area contributed by atoms with Crippen molar-refractivity contribution in [3.63, 3.8) is 0 Å². The van der Waals surface area contributed by atoms with Crippen molar-refractivity contribution in [3.8, 4) is 11.5 Å². The van der Waals surface area contributed by atoms with Gasteiger partial charge in [-0.05, 0) is 26.5 Å². The molecule has 2 N–H and O–H groups in total. The van der Waals surface area contributed by atoms with Gasteiger partial charge in [-0.2, -0.15) is 0 Å². The van der Waals surface area contributed by atoms with Crippen molar-refractivity contribution >= 4 is 17.5 Å². The molecule has 0 spiro atoms. The third kappa shape index (κ3) is 5.81. The second-order valence-electron chi connectivity index (χ2n) is 4.89. The summed E-state index contributed by atoms with van der Waals surface area (Å²) in [5, 5.41) is 6.55. The Labute approximate surface area is 131 Å². The summed E-state index contributed by atoms with van der Waals surface area (Å²) in [5.41, 5.74) is 0.860. The van der Waals surface area contributed by atoms with E-state index in [2.05, 4.69) is 10.6 Å². The highest BCUT2D eigenvalue weighted by molar-refractivity contribution is 6.30. The van der Waals surface area contributed by atoms with Crippen LogP contribution in [-0.4, -0.2) is 32.2 Å². The van der Waals surface area contributed by atoms with Crippen LogP contribution < -0.4 is 20.1 Å². The van der Waals surface area contributed by atoms with Crippen molar-refractivity contribution in [2.24, 2.45) is 0 Å². The molecule has 0 aliphatic heterocycles. The Morgan fingerprint density at radius 3 is 2.67 bits per heavy atom. The Balaban J connectivity index is 2.88. The van der Waals surface area contributed by atoms with Crippen molar-refractivity contribution in [1.29, 1.82) is 0 Å². The van der Waals surface area contributed by atoms with Crippen molar-refractivity contribution in [2.45, 2.75) is 33.4 Å². The lowest BCUT2D eigenvalue weighted by molar-refractivity contribution is -0.123. The fraction of sp³-hybridized carbons (Fsp3) is 0.533. The predicted molar refractivity (Wildman–Crippen MR) is 84.2 cm³/mol. The third-order valence-electron chi connectivity index (χ3n) is 2.68. The third-order valence-corrected chi connectivity index (χ3v) is 2.90. The molecule has 0 unspecified atom stereocenters. The van der Waals surface area contributed by atoms with E-state index < -0.39 is 0 Å². The molecule has 0 aliphatic carbocycles. The van der Waals surface area contributed by atoms with E-state index in [1.807, 2.05) is 26.8 Å². The Morgan fingerprint density at radius 2 is 2.10 bits per heavy atom. The van der Waals surface area contributed by atoms with Gasteiger partial charge in [0.1, 0.15) is 0 Å². The summed E-state index contributed by atoms with van der Waals surface area (Å²) in [5.74, 6) is 0.894. The number of carbonyl (C=O) groups excluding carboxylic acids is 1. The van der Waals surface area contributed by atoms with Crippen LogP contribution in [0.25, 0.3) is 0 Å². The number of amides is 1. The Hall–Kier alpha value is -1.46. The molecule has 0 fully saturated rings. The highest BCUT2D eigenvalue weighted by Crippen LogP contribution is 2.34. The minimum Gasteiger partial charge on any atom is -0.493 e. The van der Waals surface area contributed by atoms with E-state index in [0.29, 0.717) is 23.1 Å². The number of nitrogens with one attached hydrogen (secondary N) is 2. The maximum Gasteiger partial charge on any atom is 0.258 e. The Morgan fingerprint density at radius 1 is 1.38 bits per heavy atom. The molecular weight excluding hydrogens is 292 g/mol. The van der Waals surface area contributed by atoms with Gasteiger partial charge < -0.3 is 20.1 Å². The highest BCUT2D eigenvalue weighted by atomic mass is 35.5. The van der Waals surface area contributed by atoms with Crippen LogP contribution in [-0.2, 0) is 11.3 Å². The van der Waals surface area contributed by atoms with Crippen LogP contribution >= 0.6 is 11.6 Å². The molecule has 0 atom stereocenters. The number of ether oxygens (including phenoxy) is 2. The molecule has 1 rings (SSSR count). The van der Waals surface area contributed by atoms with Crippen molar-refractivity contribution < 1.29 is 14.3 Å². The predicted octanol–water partition coefficient (Wildman–Crippen LogP) is 2.36. The molecule has 1 aromatic rings. The van der Waals surface area contributed by atoms with E-state index in [1.165, 1.54) is 0 Å². The van der Waals surface area contributed by atoms with Crippen molar-refractivity contribution in [3.05, 3.63) is 22.7 Å². The van der Waals surface area contributed by atoms with Gasteiger partial charge >= 0.3 is 0 Å². The summed E-state index contributed by atoms with van der Waals surface area (Å²) in [6.07, 6.45) is 0. The van der Waals surface area contributed by atoms with Crippen LogP contribution in [0.4, 0.5) is 0 Å². The van der Waals surface area contributed by atoms with Crippen LogP contribution in [0.1, 0.15) is 26.3 Å². The normalized spacial score (nSPS) is 10.6. The molecule has 5 nitrogen and oxygen atoms in total. The average Bonchev–Trinajstić information content (AvgIpc) is 2.42. The standard InChI is InChI=1S/C15H23ClN2O3/c1-5-17-8-11-6-12(16)7-13(20-4)15(11)21-9-14(19)18-10(2)3/h6-7,10,17H,5,8-9H2,1-4H3,(H,18,19). The first-order chi connectivity index (χ1) is 9.97. The smallest absolute Gasteiger partial charge is 0.258 e. The lowest BCUT2D eigenvalue weighted by atomic mass is 10.2. The average molecular weight is 315 g/mol. The number of hydrogen-bond acceptors (Lipinski definition) is 4. The number of halogens is 1. The molecular formula is C15H23ClN2O3. The zero-order valence-electron chi connectivity index (χ0n) is 13.0. The monoisotopic (exact) mass is 314 g/mol. The largest absolute Gasteiger partial charge is 0.493 e. The number of benzene rings is 1. The van der Waals surface area contributed by atoms with Crippen LogP contribution in [0, 0.1) is 0 Å². The molecule has 0 heterocycles. The zero-order chi connectivity index (χ0) is 15.8. The maximum absolute atomic E-state index is 11.7. The molecule has 6 heteroatoms. The van der Waals surface area contributed by atoms with Gasteiger partial charge in [0.2, 0.25) is 0 Å². The van der Waals surface area contributed by atoms with Gasteiger partial charge in [0.25, 0.3) is 5.91 Å². The van der Waals surface area contributed by atoms with Crippen LogP contribution in [0.3, 0.4) is 0 Å². The second-order valence-corrected chi connectivity index (χ2v) is 5.32. The van der Waals surface area contributed by atoms with Crippen LogP contribution in [0.15, 0.2) is 12.1 Å². The Bertz CT molecular complexity index is 478. The molecule has 0 saturated heterocycles. The summed E-state index contributed by atoms with van der Waals surface area (Å²) in [6.45, 7) is 7.17. The van der Waals surface area contributed by atoms with Gasteiger partial charge in [0, 0.05) is 29.2 Å². The summed E-state index contributed by atoms with van der Waals surface area (Å²) in [4.78, 5) is 11.7. The lowest BCUT2D eigenvalue weighted by Gasteiger charge is -2.16. The van der Waals surface area contributed by atoms with Gasteiger partial charge in [-0.15, -0.1) is 0 Å². The molecule has 0 saturated carbocycles. The molecule has 118 valence electrons. The van der Waals surface area contributed by atoms with E-state index in [1.54, 1.807) is 13.2 Å². The summed E-state index contributed by atoms with van der Waals surface area (Å²) >= 11 is 6.07. The van der Waals surface area contributed by atoms with E-state index in [-0.39, 0.29) is 18.6 Å². The van der Waals surface area contributed by atoms with Gasteiger partial charge in [-0.1, -0.05) is 18.5 Å². The molecule has 1 amide bonds. The molecule has 1 aromatic carbocycles. The molecule has 0 aliphatic rings. The zero-order valence-corrected chi connectivity index (χ0v) is 13.7. The fourth-order valence-electron chi connectivity index (χ4n) is 1.83. The van der Waals surface area contributed by atoms with E-state index in [9.17, 15) is 4.79 Å². The number of rotatable bonds is 8. The first-order valence-electron chi connectivity index (χ1n) is 6.97. The summed E-state index contributed by atoms with van der Waals surface area (Å²) < 4.78 is 10.9. The number of methoxy groups -OCH3 is 1. The van der Waals surface area contributed by atoms with Gasteiger partial charge in [0.15, 0.2) is 18.1 Å². The topological polar surface area (TPSA) is 59.6 Å². The molecule has 0 bridgehead atoms. The number of hydrogen-bond donors (Lipinski definition) is 2. The van der Waals surface area contributed by atoms with Crippen molar-refractivity contribution in [2.75, 3.05) is 20.3 Å². The maximum atomic E-state index is 11.7. The lowest BCUT2D eigenvalue weighted by Crippen LogP contribution is -2.34. The van der Waals surface area contributed by atoms with E-state index in [4.69, 9.17) is 21.1 Å². The van der Waals surface area contributed by atoms with Gasteiger partial charge in [0.05, 0.1) is 7.11 Å². The van der Waals surface area contributed by atoms with Crippen LogP contribution in [0.5, 0.6) is 11.5 Å². The summed E-state index contributed by atoms with van der Waals surface area (Å²) in [6, 6.07) is 3.56. The molecule has 21 heavy (non-hydrogen) atoms. The van der Waals surface area contributed by atoms with E-state index >= 15 is 0 Å². The minimum absolute atomic E-state index is 0.0602. The number of carbonyl (C=O) groups is 1. The van der Waals surface area contributed by atoms with Crippen molar-refractivity contribution in [1.82, 2.24) is 10.6 Å². The van der Waals surface area contributed by atoms with E-state index in [0.717, 1.165) is 12.1 Å². The summed E-state index contributed by atoms with van der Waals surface area (Å²) in [7, 11) is 1.55. The van der Waals surface area contributed by atoms with Crippen LogP contribution in [0.2, 0.25) is 5.02 Å². The molecule has 0 radical (unpaired) electrons. The Kier molecular flexibility index (Phi) is 7.32. The van der Waals surface area contributed by atoms with Gasteiger partial charge in [-0.25, -0.2) is 0 Å². The SMILES string of the molecule is CCNCc1cc(Cl)cc(OC)c1OCC(=O)NC(C)C. The first kappa shape index (κ1) is 17.6. The fourth-order valence-corrected chi connectivity index (χ4v) is 2.06. The second kappa shape index (κ2) is 8.74. The highest BCUT2D eigenvalue weighted by Gasteiger charge is 2.14.